The highest BCUT2D eigenvalue weighted by Gasteiger charge is 2.83. The number of alkyl halides is 10. The minimum atomic E-state index is -7.20. The van der Waals surface area contributed by atoms with E-state index in [4.69, 9.17) is 9.79 Å². The van der Waals surface area contributed by atoms with E-state index in [-0.39, 0.29) is 0 Å². The topological polar surface area (TPSA) is 57.5 Å². The van der Waals surface area contributed by atoms with Gasteiger partial charge in [0, 0.05) is 6.16 Å². The zero-order valence-electron chi connectivity index (χ0n) is 10.2. The molecule has 0 rings (SSSR count). The first-order chi connectivity index (χ1) is 9.38. The fraction of sp³-hybridized carbons (Fsp3) is 1.00. The minimum Gasteiger partial charge on any atom is -0.324 e. The molecule has 0 spiro atoms. The van der Waals surface area contributed by atoms with Crippen LogP contribution in [0.5, 0.6) is 0 Å². The summed E-state index contributed by atoms with van der Waals surface area (Å²) in [5, 5.41) is 0. The Morgan fingerprint density at radius 1 is 0.864 bits per heavy atom. The Labute approximate surface area is 116 Å². The van der Waals surface area contributed by atoms with Crippen molar-refractivity contribution in [1.29, 1.82) is 0 Å². The van der Waals surface area contributed by atoms with E-state index >= 15 is 0 Å². The molecule has 0 aromatic rings. The molecular weight excluding hydrogens is 365 g/mol. The SMILES string of the molecule is O=P(O)(O)CCCC(F)C(F)(F)C(F)(F)C(F)(F)C(F)(F)F. The van der Waals surface area contributed by atoms with Crippen molar-refractivity contribution in [3.05, 3.63) is 0 Å². The van der Waals surface area contributed by atoms with Crippen LogP contribution in [-0.2, 0) is 4.57 Å². The molecule has 0 aliphatic carbocycles. The lowest BCUT2D eigenvalue weighted by molar-refractivity contribution is -0.403. The summed E-state index contributed by atoms with van der Waals surface area (Å²) in [4.78, 5) is 16.6. The first-order valence-corrected chi connectivity index (χ1v) is 7.06. The lowest BCUT2D eigenvalue weighted by Crippen LogP contribution is -2.63. The van der Waals surface area contributed by atoms with E-state index in [1.807, 2.05) is 0 Å². The zero-order valence-corrected chi connectivity index (χ0v) is 11.1. The van der Waals surface area contributed by atoms with Crippen LogP contribution in [0.2, 0.25) is 0 Å². The Balaban J connectivity index is 5.23. The Hall–Kier alpha value is -0.550. The average molecular weight is 374 g/mol. The molecule has 0 saturated carbocycles. The average Bonchev–Trinajstić information content (AvgIpc) is 2.24. The maximum absolute atomic E-state index is 13.0. The summed E-state index contributed by atoms with van der Waals surface area (Å²) in [5.74, 6) is -20.7. The molecule has 22 heavy (non-hydrogen) atoms. The summed E-state index contributed by atoms with van der Waals surface area (Å²) in [6, 6.07) is 0. The smallest absolute Gasteiger partial charge is 0.324 e. The fourth-order valence-corrected chi connectivity index (χ4v) is 1.84. The van der Waals surface area contributed by atoms with Gasteiger partial charge in [-0.1, -0.05) is 0 Å². The van der Waals surface area contributed by atoms with E-state index in [0.29, 0.717) is 0 Å². The maximum atomic E-state index is 13.0. The molecule has 0 aromatic carbocycles. The molecule has 0 amide bonds. The van der Waals surface area contributed by atoms with Crippen molar-refractivity contribution >= 4 is 7.60 Å². The number of halogens is 10. The van der Waals surface area contributed by atoms with Crippen LogP contribution in [0.1, 0.15) is 12.8 Å². The van der Waals surface area contributed by atoms with Gasteiger partial charge in [-0.15, -0.1) is 0 Å². The highest BCUT2D eigenvalue weighted by atomic mass is 31.2. The van der Waals surface area contributed by atoms with Crippen LogP contribution < -0.4 is 0 Å². The second-order valence-corrected chi connectivity index (χ2v) is 6.04. The normalized spacial score (nSPS) is 16.7. The largest absolute Gasteiger partial charge is 0.460 e. The molecule has 0 aliphatic heterocycles. The zero-order chi connectivity index (χ0) is 18.2. The van der Waals surface area contributed by atoms with Crippen LogP contribution in [0, 0.1) is 0 Å². The minimum absolute atomic E-state index is 1.13. The van der Waals surface area contributed by atoms with E-state index in [1.54, 1.807) is 0 Å². The molecule has 0 fully saturated rings. The van der Waals surface area contributed by atoms with E-state index in [2.05, 4.69) is 0 Å². The van der Waals surface area contributed by atoms with Crippen molar-refractivity contribution in [1.82, 2.24) is 0 Å². The van der Waals surface area contributed by atoms with Crippen molar-refractivity contribution in [3.63, 3.8) is 0 Å². The third kappa shape index (κ3) is 4.25. The second-order valence-electron chi connectivity index (χ2n) is 4.27. The van der Waals surface area contributed by atoms with Crippen LogP contribution in [0.25, 0.3) is 0 Å². The van der Waals surface area contributed by atoms with E-state index < -0.39 is 56.7 Å². The van der Waals surface area contributed by atoms with Gasteiger partial charge >= 0.3 is 31.5 Å². The molecule has 0 bridgehead atoms. The molecule has 14 heteroatoms. The summed E-state index contributed by atoms with van der Waals surface area (Å²) in [7, 11) is -4.80. The van der Waals surface area contributed by atoms with Crippen molar-refractivity contribution in [2.24, 2.45) is 0 Å². The maximum Gasteiger partial charge on any atom is 0.460 e. The highest BCUT2D eigenvalue weighted by molar-refractivity contribution is 7.51. The van der Waals surface area contributed by atoms with E-state index in [1.165, 1.54) is 0 Å². The third-order valence-corrected chi connectivity index (χ3v) is 3.37. The standard InChI is InChI=1S/C8H9F10O3P/c9-4(2-1-3-22(19,20)21)5(10,11)6(12,13)7(14,15)8(16,17)18/h4H,1-3H2,(H2,19,20,21). The summed E-state index contributed by atoms with van der Waals surface area (Å²) in [6.07, 6.45) is -15.3. The summed E-state index contributed by atoms with van der Waals surface area (Å²) in [6.45, 7) is 0. The van der Waals surface area contributed by atoms with Crippen LogP contribution in [0.4, 0.5) is 43.9 Å². The van der Waals surface area contributed by atoms with Gasteiger partial charge in [-0.25, -0.2) is 4.39 Å². The number of hydrogen-bond acceptors (Lipinski definition) is 1. The molecule has 0 aromatic heterocycles. The lowest BCUT2D eigenvalue weighted by Gasteiger charge is -2.35. The van der Waals surface area contributed by atoms with Gasteiger partial charge < -0.3 is 9.79 Å². The molecule has 1 unspecified atom stereocenters. The van der Waals surface area contributed by atoms with Gasteiger partial charge in [0.1, 0.15) is 0 Å². The lowest BCUT2D eigenvalue weighted by atomic mass is 9.97. The van der Waals surface area contributed by atoms with Crippen molar-refractivity contribution in [2.45, 2.75) is 43.0 Å². The van der Waals surface area contributed by atoms with Crippen LogP contribution in [0.15, 0.2) is 0 Å². The molecule has 1 atom stereocenters. The molecule has 0 saturated heterocycles. The number of hydrogen-bond donors (Lipinski definition) is 2. The van der Waals surface area contributed by atoms with Gasteiger partial charge in [0.25, 0.3) is 0 Å². The molecule has 0 aliphatic rings. The van der Waals surface area contributed by atoms with Crippen molar-refractivity contribution in [3.8, 4) is 0 Å². The van der Waals surface area contributed by atoms with E-state index in [0.717, 1.165) is 0 Å². The van der Waals surface area contributed by atoms with Crippen LogP contribution in [0.3, 0.4) is 0 Å². The Morgan fingerprint density at radius 2 is 1.27 bits per heavy atom. The summed E-state index contributed by atoms with van der Waals surface area (Å²) in [5.41, 5.74) is 0. The summed E-state index contributed by atoms with van der Waals surface area (Å²) >= 11 is 0. The fourth-order valence-electron chi connectivity index (χ4n) is 1.24. The predicted octanol–water partition coefficient (Wildman–Crippen LogP) is 3.75. The quantitative estimate of drug-likeness (QED) is 0.527. The van der Waals surface area contributed by atoms with Gasteiger partial charge in [0.05, 0.1) is 0 Å². The van der Waals surface area contributed by atoms with Gasteiger partial charge in [0.15, 0.2) is 6.17 Å². The van der Waals surface area contributed by atoms with E-state index in [9.17, 15) is 48.5 Å². The first kappa shape index (κ1) is 21.4. The summed E-state index contributed by atoms with van der Waals surface area (Å²) < 4.78 is 135. The van der Waals surface area contributed by atoms with Crippen LogP contribution in [-0.4, -0.2) is 46.1 Å². The van der Waals surface area contributed by atoms with Gasteiger partial charge in [-0.3, -0.25) is 4.57 Å². The molecule has 0 heterocycles. The molecule has 0 radical (unpaired) electrons. The molecule has 2 N–H and O–H groups in total. The van der Waals surface area contributed by atoms with Crippen LogP contribution >= 0.6 is 7.60 Å². The van der Waals surface area contributed by atoms with Gasteiger partial charge in [-0.2, -0.15) is 39.5 Å². The van der Waals surface area contributed by atoms with Crippen molar-refractivity contribution < 1.29 is 58.3 Å². The number of rotatable bonds is 7. The highest BCUT2D eigenvalue weighted by Crippen LogP contribution is 2.55. The Bertz CT molecular complexity index is 428. The van der Waals surface area contributed by atoms with Gasteiger partial charge in [0.2, 0.25) is 0 Å². The van der Waals surface area contributed by atoms with Gasteiger partial charge in [-0.05, 0) is 12.8 Å². The second kappa shape index (κ2) is 6.16. The van der Waals surface area contributed by atoms with Crippen molar-refractivity contribution in [2.75, 3.05) is 6.16 Å². The predicted molar refractivity (Wildman–Crippen MR) is 51.9 cm³/mol. The monoisotopic (exact) mass is 374 g/mol. The molecule has 134 valence electrons. The molecule has 3 nitrogen and oxygen atoms in total. The molecular formula is C8H9F10O3P. The third-order valence-electron chi connectivity index (χ3n) is 2.47. The Morgan fingerprint density at radius 3 is 1.59 bits per heavy atom. The first-order valence-electron chi connectivity index (χ1n) is 5.26. The Kier molecular flexibility index (Phi) is 6.00.